The van der Waals surface area contributed by atoms with Crippen LogP contribution in [0.25, 0.3) is 0 Å². The molecular formula is C13H12Br2ClNO2S2. The third kappa shape index (κ3) is 4.09. The quantitative estimate of drug-likeness (QED) is 0.583. The van der Waals surface area contributed by atoms with Crippen molar-refractivity contribution in [3.8, 4) is 0 Å². The van der Waals surface area contributed by atoms with Gasteiger partial charge in [0.2, 0.25) is 10.0 Å². The summed E-state index contributed by atoms with van der Waals surface area (Å²) in [5.74, 6) is 0.275. The van der Waals surface area contributed by atoms with Crippen LogP contribution in [0.4, 0.5) is 0 Å². The van der Waals surface area contributed by atoms with E-state index in [1.54, 1.807) is 25.2 Å². The lowest BCUT2D eigenvalue weighted by Crippen LogP contribution is -2.26. The summed E-state index contributed by atoms with van der Waals surface area (Å²) < 4.78 is 28.2. The predicted molar refractivity (Wildman–Crippen MR) is 94.4 cm³/mol. The minimum atomic E-state index is -3.57. The van der Waals surface area contributed by atoms with Gasteiger partial charge in [0.1, 0.15) is 0 Å². The van der Waals surface area contributed by atoms with Gasteiger partial charge in [0.25, 0.3) is 0 Å². The molecule has 1 aromatic heterocycles. The van der Waals surface area contributed by atoms with E-state index in [1.165, 1.54) is 15.6 Å². The number of sulfonamides is 1. The number of hydrogen-bond donors (Lipinski definition) is 0. The van der Waals surface area contributed by atoms with Crippen LogP contribution in [0, 0.1) is 0 Å². The van der Waals surface area contributed by atoms with Gasteiger partial charge in [-0.15, -0.1) is 22.9 Å². The summed E-state index contributed by atoms with van der Waals surface area (Å²) in [5, 5.41) is 1.93. The van der Waals surface area contributed by atoms with Crippen LogP contribution in [0.1, 0.15) is 11.1 Å². The minimum Gasteiger partial charge on any atom is -0.207 e. The molecule has 2 aromatic rings. The van der Waals surface area contributed by atoms with Crippen molar-refractivity contribution in [3.63, 3.8) is 0 Å². The smallest absolute Gasteiger partial charge is 0.207 e. The van der Waals surface area contributed by atoms with Crippen molar-refractivity contribution in [2.75, 3.05) is 7.05 Å². The van der Waals surface area contributed by atoms with Gasteiger partial charge in [-0.05, 0) is 66.6 Å². The van der Waals surface area contributed by atoms with Crippen LogP contribution in [0.3, 0.4) is 0 Å². The predicted octanol–water partition coefficient (Wildman–Crippen LogP) is 4.83. The van der Waals surface area contributed by atoms with Gasteiger partial charge >= 0.3 is 0 Å². The molecule has 0 aliphatic carbocycles. The standard InChI is InChI=1S/C13H12Br2ClNO2S2/c1-17(7-10-5-13(15)20-8-10)21(18,19)12-4-9(6-16)2-3-11(12)14/h2-5,8H,6-7H2,1H3. The van der Waals surface area contributed by atoms with E-state index in [2.05, 4.69) is 31.9 Å². The van der Waals surface area contributed by atoms with E-state index in [0.29, 0.717) is 11.0 Å². The van der Waals surface area contributed by atoms with Gasteiger partial charge < -0.3 is 0 Å². The molecule has 3 nitrogen and oxygen atoms in total. The minimum absolute atomic E-state index is 0.234. The average Bonchev–Trinajstić information content (AvgIpc) is 2.84. The molecule has 2 rings (SSSR count). The number of thiophene rings is 1. The van der Waals surface area contributed by atoms with E-state index >= 15 is 0 Å². The van der Waals surface area contributed by atoms with Crippen molar-refractivity contribution < 1.29 is 8.42 Å². The second-order valence-electron chi connectivity index (χ2n) is 4.42. The molecule has 0 N–H and O–H groups in total. The van der Waals surface area contributed by atoms with E-state index in [4.69, 9.17) is 11.6 Å². The van der Waals surface area contributed by atoms with Crippen molar-refractivity contribution in [3.05, 3.63) is 49.0 Å². The molecule has 0 radical (unpaired) electrons. The lowest BCUT2D eigenvalue weighted by Gasteiger charge is -2.18. The Balaban J connectivity index is 2.32. The molecule has 1 heterocycles. The third-order valence-corrected chi connectivity index (χ3v) is 7.52. The van der Waals surface area contributed by atoms with Crippen LogP contribution in [-0.4, -0.2) is 19.8 Å². The number of alkyl halides is 1. The van der Waals surface area contributed by atoms with E-state index in [0.717, 1.165) is 14.9 Å². The zero-order valence-corrected chi connectivity index (χ0v) is 16.6. The van der Waals surface area contributed by atoms with Gasteiger partial charge in [0, 0.05) is 23.9 Å². The topological polar surface area (TPSA) is 37.4 Å². The number of hydrogen-bond acceptors (Lipinski definition) is 3. The Morgan fingerprint density at radius 3 is 2.52 bits per heavy atom. The fourth-order valence-electron chi connectivity index (χ4n) is 1.77. The highest BCUT2D eigenvalue weighted by Gasteiger charge is 2.24. The van der Waals surface area contributed by atoms with Crippen molar-refractivity contribution in [2.45, 2.75) is 17.3 Å². The molecular weight excluding hydrogens is 462 g/mol. The number of rotatable bonds is 5. The van der Waals surface area contributed by atoms with Crippen LogP contribution in [0.2, 0.25) is 0 Å². The first kappa shape index (κ1) is 17.4. The summed E-state index contributed by atoms with van der Waals surface area (Å²) in [6.07, 6.45) is 0. The zero-order chi connectivity index (χ0) is 15.6. The second-order valence-corrected chi connectivity index (χ2v) is 9.84. The molecule has 0 spiro atoms. The number of nitrogens with zero attached hydrogens (tertiary/aromatic N) is 1. The maximum atomic E-state index is 12.7. The van der Waals surface area contributed by atoms with Gasteiger partial charge in [-0.2, -0.15) is 4.31 Å². The maximum Gasteiger partial charge on any atom is 0.244 e. The van der Waals surface area contributed by atoms with E-state index in [-0.39, 0.29) is 10.8 Å². The first-order valence-corrected chi connectivity index (χ1v) is 10.3. The van der Waals surface area contributed by atoms with Crippen LogP contribution in [-0.2, 0) is 22.4 Å². The van der Waals surface area contributed by atoms with E-state index in [1.807, 2.05) is 11.4 Å². The fourth-order valence-corrected chi connectivity index (χ4v) is 5.26. The van der Waals surface area contributed by atoms with Gasteiger partial charge in [-0.25, -0.2) is 8.42 Å². The molecule has 0 fully saturated rings. The van der Waals surface area contributed by atoms with Gasteiger partial charge in [0.15, 0.2) is 0 Å². The average molecular weight is 474 g/mol. The Hall–Kier alpha value is 0.0800. The van der Waals surface area contributed by atoms with Gasteiger partial charge in [0.05, 0.1) is 8.68 Å². The summed E-state index contributed by atoms with van der Waals surface area (Å²) in [6, 6.07) is 7.03. The molecule has 8 heteroatoms. The van der Waals surface area contributed by atoms with Crippen molar-refractivity contribution in [1.29, 1.82) is 0 Å². The van der Waals surface area contributed by atoms with Crippen LogP contribution >= 0.6 is 54.8 Å². The largest absolute Gasteiger partial charge is 0.244 e. The first-order valence-electron chi connectivity index (χ1n) is 5.88. The monoisotopic (exact) mass is 471 g/mol. The fraction of sp³-hybridized carbons (Fsp3) is 0.231. The number of benzene rings is 1. The highest BCUT2D eigenvalue weighted by Crippen LogP contribution is 2.28. The van der Waals surface area contributed by atoms with Gasteiger partial charge in [-0.1, -0.05) is 6.07 Å². The lowest BCUT2D eigenvalue weighted by molar-refractivity contribution is 0.466. The molecule has 0 saturated heterocycles. The molecule has 0 saturated carbocycles. The molecule has 0 unspecified atom stereocenters. The Morgan fingerprint density at radius 1 is 1.24 bits per heavy atom. The second kappa shape index (κ2) is 7.10. The molecule has 0 aliphatic heterocycles. The molecule has 1 aromatic carbocycles. The Kier molecular flexibility index (Phi) is 5.90. The van der Waals surface area contributed by atoms with Crippen LogP contribution in [0.15, 0.2) is 42.8 Å². The van der Waals surface area contributed by atoms with Crippen molar-refractivity contribution >= 4 is 64.8 Å². The highest BCUT2D eigenvalue weighted by molar-refractivity contribution is 9.11. The van der Waals surface area contributed by atoms with Crippen LogP contribution < -0.4 is 0 Å². The van der Waals surface area contributed by atoms with Gasteiger partial charge in [-0.3, -0.25) is 0 Å². The molecule has 0 atom stereocenters. The Bertz CT molecular complexity index is 746. The molecule has 21 heavy (non-hydrogen) atoms. The summed E-state index contributed by atoms with van der Waals surface area (Å²) in [7, 11) is -2.00. The summed E-state index contributed by atoms with van der Waals surface area (Å²) in [5.41, 5.74) is 1.72. The normalized spacial score (nSPS) is 12.0. The SMILES string of the molecule is CN(Cc1csc(Br)c1)S(=O)(=O)c1cc(CCl)ccc1Br. The molecule has 0 aliphatic rings. The van der Waals surface area contributed by atoms with E-state index < -0.39 is 10.0 Å². The Morgan fingerprint density at radius 2 is 1.95 bits per heavy atom. The van der Waals surface area contributed by atoms with Crippen LogP contribution in [0.5, 0.6) is 0 Å². The summed E-state index contributed by atoms with van der Waals surface area (Å²) in [4.78, 5) is 0.234. The number of halogens is 3. The molecule has 0 bridgehead atoms. The summed E-state index contributed by atoms with van der Waals surface area (Å²) >= 11 is 14.0. The highest BCUT2D eigenvalue weighted by atomic mass is 79.9. The molecule has 0 amide bonds. The van der Waals surface area contributed by atoms with Crippen molar-refractivity contribution in [2.24, 2.45) is 0 Å². The first-order chi connectivity index (χ1) is 9.84. The lowest BCUT2D eigenvalue weighted by atomic mass is 10.2. The zero-order valence-electron chi connectivity index (χ0n) is 11.0. The Labute approximate surface area is 150 Å². The van der Waals surface area contributed by atoms with Crippen molar-refractivity contribution in [1.82, 2.24) is 4.31 Å². The van der Waals surface area contributed by atoms with E-state index in [9.17, 15) is 8.42 Å². The maximum absolute atomic E-state index is 12.7. The summed E-state index contributed by atoms with van der Waals surface area (Å²) in [6.45, 7) is 0.321. The third-order valence-electron chi connectivity index (χ3n) is 2.87. The molecule has 114 valence electrons.